The first-order valence-electron chi connectivity index (χ1n) is 8.83. The van der Waals surface area contributed by atoms with Gasteiger partial charge in [-0.2, -0.15) is 0 Å². The highest BCUT2D eigenvalue weighted by Crippen LogP contribution is 2.23. The van der Waals surface area contributed by atoms with Crippen LogP contribution in [0.5, 0.6) is 11.6 Å². The Morgan fingerprint density at radius 3 is 2.50 bits per heavy atom. The molecule has 0 saturated heterocycles. The highest BCUT2D eigenvalue weighted by molar-refractivity contribution is 6.30. The van der Waals surface area contributed by atoms with Crippen LogP contribution in [0.3, 0.4) is 0 Å². The van der Waals surface area contributed by atoms with Crippen LogP contribution in [0.2, 0.25) is 5.02 Å². The number of aromatic nitrogens is 1. The van der Waals surface area contributed by atoms with Crippen molar-refractivity contribution in [2.45, 2.75) is 44.2 Å². The standard InChI is InChI=1S/C20H23ClN2O3/c1-25-17-7-2-14(3-8-17)12-19(24)23-16-5-9-18(10-6-16)26-20-11-4-15(21)13-22-20/h2-4,7-8,11,13,16,18H,5-6,9-10,12H2,1H3,(H,23,24). The van der Waals surface area contributed by atoms with Gasteiger partial charge in [0.2, 0.25) is 11.8 Å². The largest absolute Gasteiger partial charge is 0.497 e. The van der Waals surface area contributed by atoms with E-state index in [-0.39, 0.29) is 18.1 Å². The Labute approximate surface area is 158 Å². The third kappa shape index (κ3) is 5.36. The predicted octanol–water partition coefficient (Wildman–Crippen LogP) is 3.79. The first kappa shape index (κ1) is 18.5. The number of halogens is 1. The van der Waals surface area contributed by atoms with Crippen LogP contribution in [-0.2, 0) is 11.2 Å². The number of amides is 1. The number of hydrogen-bond acceptors (Lipinski definition) is 4. The lowest BCUT2D eigenvalue weighted by Crippen LogP contribution is -2.40. The molecule has 0 aliphatic heterocycles. The minimum absolute atomic E-state index is 0.0545. The Bertz CT molecular complexity index is 711. The highest BCUT2D eigenvalue weighted by Gasteiger charge is 2.23. The first-order valence-corrected chi connectivity index (χ1v) is 9.20. The second-order valence-corrected chi connectivity index (χ2v) is 6.93. The summed E-state index contributed by atoms with van der Waals surface area (Å²) >= 11 is 5.83. The second kappa shape index (κ2) is 8.90. The third-order valence-electron chi connectivity index (χ3n) is 4.55. The van der Waals surface area contributed by atoms with Crippen LogP contribution >= 0.6 is 11.6 Å². The summed E-state index contributed by atoms with van der Waals surface area (Å²) in [6.45, 7) is 0. The number of benzene rings is 1. The molecular weight excluding hydrogens is 352 g/mol. The predicted molar refractivity (Wildman–Crippen MR) is 101 cm³/mol. The molecule has 0 spiro atoms. The summed E-state index contributed by atoms with van der Waals surface area (Å²) in [4.78, 5) is 16.4. The zero-order chi connectivity index (χ0) is 18.4. The maximum Gasteiger partial charge on any atom is 0.224 e. The minimum atomic E-state index is 0.0545. The molecule has 138 valence electrons. The lowest BCUT2D eigenvalue weighted by Gasteiger charge is -2.29. The number of methoxy groups -OCH3 is 1. The van der Waals surface area contributed by atoms with Gasteiger partial charge >= 0.3 is 0 Å². The second-order valence-electron chi connectivity index (χ2n) is 6.50. The van der Waals surface area contributed by atoms with Crippen molar-refractivity contribution in [1.29, 1.82) is 0 Å². The molecule has 1 aromatic heterocycles. The molecule has 3 rings (SSSR count). The van der Waals surface area contributed by atoms with E-state index in [0.29, 0.717) is 17.3 Å². The van der Waals surface area contributed by atoms with Gasteiger partial charge < -0.3 is 14.8 Å². The van der Waals surface area contributed by atoms with Crippen LogP contribution in [0.4, 0.5) is 0 Å². The highest BCUT2D eigenvalue weighted by atomic mass is 35.5. The molecule has 0 radical (unpaired) electrons. The fourth-order valence-corrected chi connectivity index (χ4v) is 3.25. The summed E-state index contributed by atoms with van der Waals surface area (Å²) in [5.41, 5.74) is 0.981. The molecular formula is C20H23ClN2O3. The van der Waals surface area contributed by atoms with Gasteiger partial charge in [-0.15, -0.1) is 0 Å². The molecule has 5 nitrogen and oxygen atoms in total. The number of ether oxygens (including phenoxy) is 2. The Morgan fingerprint density at radius 1 is 1.15 bits per heavy atom. The van der Waals surface area contributed by atoms with E-state index in [4.69, 9.17) is 21.1 Å². The summed E-state index contributed by atoms with van der Waals surface area (Å²) in [5.74, 6) is 1.45. The Kier molecular flexibility index (Phi) is 6.34. The summed E-state index contributed by atoms with van der Waals surface area (Å²) in [6.07, 6.45) is 5.73. The van der Waals surface area contributed by atoms with Crippen molar-refractivity contribution in [3.8, 4) is 11.6 Å². The number of nitrogens with one attached hydrogen (secondary N) is 1. The van der Waals surface area contributed by atoms with E-state index >= 15 is 0 Å². The smallest absolute Gasteiger partial charge is 0.224 e. The molecule has 1 saturated carbocycles. The van der Waals surface area contributed by atoms with Gasteiger partial charge in [0.25, 0.3) is 0 Å². The summed E-state index contributed by atoms with van der Waals surface area (Å²) in [7, 11) is 1.63. The fourth-order valence-electron chi connectivity index (χ4n) is 3.14. The molecule has 1 aliphatic carbocycles. The van der Waals surface area contributed by atoms with Crippen LogP contribution in [0.1, 0.15) is 31.2 Å². The number of pyridine rings is 1. The summed E-state index contributed by atoms with van der Waals surface area (Å²) < 4.78 is 11.0. The molecule has 26 heavy (non-hydrogen) atoms. The SMILES string of the molecule is COc1ccc(CC(=O)NC2CCC(Oc3ccc(Cl)cn3)CC2)cc1. The van der Waals surface area contributed by atoms with Gasteiger partial charge in [0.05, 0.1) is 18.6 Å². The van der Waals surface area contributed by atoms with E-state index in [1.54, 1.807) is 25.4 Å². The van der Waals surface area contributed by atoms with Crippen LogP contribution in [0.25, 0.3) is 0 Å². The van der Waals surface area contributed by atoms with Crippen LogP contribution < -0.4 is 14.8 Å². The quantitative estimate of drug-likeness (QED) is 0.835. The lowest BCUT2D eigenvalue weighted by molar-refractivity contribution is -0.121. The van der Waals surface area contributed by atoms with Crippen molar-refractivity contribution in [3.05, 3.63) is 53.2 Å². The number of carbonyl (C=O) groups is 1. The van der Waals surface area contributed by atoms with Gasteiger partial charge in [-0.1, -0.05) is 23.7 Å². The van der Waals surface area contributed by atoms with Gasteiger partial charge in [0, 0.05) is 18.3 Å². The van der Waals surface area contributed by atoms with Crippen molar-refractivity contribution in [1.82, 2.24) is 10.3 Å². The topological polar surface area (TPSA) is 60.5 Å². The van der Waals surface area contributed by atoms with Crippen LogP contribution in [0.15, 0.2) is 42.6 Å². The van der Waals surface area contributed by atoms with Gasteiger partial charge in [-0.25, -0.2) is 4.98 Å². The van der Waals surface area contributed by atoms with Gasteiger partial charge in [0.15, 0.2) is 0 Å². The molecule has 1 fully saturated rings. The average Bonchev–Trinajstić information content (AvgIpc) is 2.66. The Morgan fingerprint density at radius 2 is 1.88 bits per heavy atom. The minimum Gasteiger partial charge on any atom is -0.497 e. The summed E-state index contributed by atoms with van der Waals surface area (Å²) in [5, 5.41) is 3.73. The zero-order valence-electron chi connectivity index (χ0n) is 14.8. The molecule has 1 heterocycles. The van der Waals surface area contributed by atoms with Crippen LogP contribution in [0, 0.1) is 0 Å². The molecule has 0 atom stereocenters. The van der Waals surface area contributed by atoms with Crippen molar-refractivity contribution in [2.24, 2.45) is 0 Å². The molecule has 0 bridgehead atoms. The fraction of sp³-hybridized carbons (Fsp3) is 0.400. The molecule has 1 aromatic carbocycles. The first-order chi connectivity index (χ1) is 12.6. The Balaban J connectivity index is 1.41. The van der Waals surface area contributed by atoms with Crippen molar-refractivity contribution in [2.75, 3.05) is 7.11 Å². The molecule has 1 aliphatic rings. The number of rotatable bonds is 6. The monoisotopic (exact) mass is 374 g/mol. The van der Waals surface area contributed by atoms with E-state index in [1.807, 2.05) is 24.3 Å². The lowest BCUT2D eigenvalue weighted by atomic mass is 9.92. The van der Waals surface area contributed by atoms with Gasteiger partial charge in [-0.3, -0.25) is 4.79 Å². The third-order valence-corrected chi connectivity index (χ3v) is 4.77. The van der Waals surface area contributed by atoms with Gasteiger partial charge in [-0.05, 0) is 49.4 Å². The van der Waals surface area contributed by atoms with Crippen molar-refractivity contribution >= 4 is 17.5 Å². The summed E-state index contributed by atoms with van der Waals surface area (Å²) in [6, 6.07) is 11.3. The van der Waals surface area contributed by atoms with Crippen LogP contribution in [-0.4, -0.2) is 30.1 Å². The molecule has 1 amide bonds. The van der Waals surface area contributed by atoms with Gasteiger partial charge in [0.1, 0.15) is 11.9 Å². The van der Waals surface area contributed by atoms with E-state index in [0.717, 1.165) is 37.0 Å². The van der Waals surface area contributed by atoms with Crippen molar-refractivity contribution in [3.63, 3.8) is 0 Å². The molecule has 0 unspecified atom stereocenters. The van der Waals surface area contributed by atoms with E-state index in [2.05, 4.69) is 10.3 Å². The molecule has 1 N–H and O–H groups in total. The number of nitrogens with zero attached hydrogens (tertiary/aromatic N) is 1. The van der Waals surface area contributed by atoms with E-state index in [1.165, 1.54) is 0 Å². The molecule has 6 heteroatoms. The number of carbonyl (C=O) groups excluding carboxylic acids is 1. The van der Waals surface area contributed by atoms with E-state index in [9.17, 15) is 4.79 Å². The normalized spacial score (nSPS) is 19.6. The average molecular weight is 375 g/mol. The number of hydrogen-bond donors (Lipinski definition) is 1. The maximum atomic E-state index is 12.2. The Hall–Kier alpha value is -2.27. The van der Waals surface area contributed by atoms with Crippen molar-refractivity contribution < 1.29 is 14.3 Å². The molecule has 2 aromatic rings. The maximum absolute atomic E-state index is 12.2. The zero-order valence-corrected chi connectivity index (χ0v) is 15.5. The van der Waals surface area contributed by atoms with E-state index < -0.39 is 0 Å².